The Morgan fingerprint density at radius 2 is 1.84 bits per heavy atom. The van der Waals surface area contributed by atoms with Crippen molar-refractivity contribution in [1.82, 2.24) is 9.80 Å². The minimum atomic E-state index is -0.553. The van der Waals surface area contributed by atoms with Crippen molar-refractivity contribution in [3.63, 3.8) is 0 Å². The van der Waals surface area contributed by atoms with Gasteiger partial charge in [0.25, 0.3) is 5.91 Å². The number of benzene rings is 1. The van der Waals surface area contributed by atoms with E-state index in [1.54, 1.807) is 6.08 Å². The van der Waals surface area contributed by atoms with Gasteiger partial charge >= 0.3 is 0 Å². The summed E-state index contributed by atoms with van der Waals surface area (Å²) in [6.07, 6.45) is 7.79. The molecule has 0 aromatic heterocycles. The molecule has 0 unspecified atom stereocenters. The van der Waals surface area contributed by atoms with Gasteiger partial charge in [-0.05, 0) is 63.2 Å². The number of aliphatic imine (C=N–C) groups is 1. The van der Waals surface area contributed by atoms with E-state index in [4.69, 9.17) is 11.5 Å². The van der Waals surface area contributed by atoms with Gasteiger partial charge in [0, 0.05) is 37.9 Å². The van der Waals surface area contributed by atoms with Crippen LogP contribution >= 0.6 is 0 Å². The van der Waals surface area contributed by atoms with Crippen LogP contribution in [0.5, 0.6) is 0 Å². The first-order valence-corrected chi connectivity index (χ1v) is 11.7. The maximum atomic E-state index is 11.7. The summed E-state index contributed by atoms with van der Waals surface area (Å²) in [6.45, 7) is 12.6. The normalized spacial score (nSPS) is 19.9. The van der Waals surface area contributed by atoms with Crippen LogP contribution in [0, 0.1) is 0 Å². The van der Waals surface area contributed by atoms with Crippen LogP contribution in [0.2, 0.25) is 0 Å². The number of piperidine rings is 1. The minimum Gasteiger partial charge on any atom is -0.383 e. The molecule has 2 aliphatic rings. The number of piperazine rings is 1. The third-order valence-electron chi connectivity index (χ3n) is 6.52. The summed E-state index contributed by atoms with van der Waals surface area (Å²) < 4.78 is 0. The second kappa shape index (κ2) is 11.3. The number of allylic oxidation sites excluding steroid dienone is 1. The van der Waals surface area contributed by atoms with Gasteiger partial charge in [-0.25, -0.2) is 4.99 Å². The lowest BCUT2D eigenvalue weighted by Crippen LogP contribution is -2.53. The molecule has 2 saturated heterocycles. The van der Waals surface area contributed by atoms with E-state index in [0.29, 0.717) is 11.7 Å². The number of likely N-dealkylation sites (tertiary alicyclic amines) is 1. The molecule has 0 atom stereocenters. The monoisotopic (exact) mass is 438 g/mol. The fourth-order valence-electron chi connectivity index (χ4n) is 4.57. The van der Waals surface area contributed by atoms with Crippen molar-refractivity contribution in [2.45, 2.75) is 38.6 Å². The summed E-state index contributed by atoms with van der Waals surface area (Å²) in [5.74, 6) is -0.400. The number of anilines is 1. The molecule has 2 aliphatic heterocycles. The van der Waals surface area contributed by atoms with Crippen molar-refractivity contribution in [3.05, 3.63) is 42.0 Å². The Balaban J connectivity index is 1.69. The molecule has 1 aromatic rings. The molecule has 174 valence electrons. The summed E-state index contributed by atoms with van der Waals surface area (Å²) in [5.41, 5.74) is 14.7. The molecule has 0 spiro atoms. The molecular formula is C25H38N6O. The van der Waals surface area contributed by atoms with Gasteiger partial charge in [0.1, 0.15) is 5.84 Å². The standard InChI is InChI=1S/C25H38N6O/c1-4-6-7-22(25(27)32)24(26)28-20-8-9-23(19(5-2)18-20)31-16-14-30(15-17-31)21-10-12-29(3)13-11-21/h5,7-9,18,21H,2,4,6,10-17H2,1,3H3,(H2,26,28)(H2,27,32)/b22-7-. The highest BCUT2D eigenvalue weighted by molar-refractivity contribution is 6.20. The first-order chi connectivity index (χ1) is 15.4. The van der Waals surface area contributed by atoms with E-state index in [9.17, 15) is 4.79 Å². The molecule has 3 rings (SSSR count). The third-order valence-corrected chi connectivity index (χ3v) is 6.52. The zero-order valence-electron chi connectivity index (χ0n) is 19.6. The number of nitrogens with two attached hydrogens (primary N) is 2. The van der Waals surface area contributed by atoms with E-state index >= 15 is 0 Å². The minimum absolute atomic E-state index is 0.153. The van der Waals surface area contributed by atoms with Gasteiger partial charge < -0.3 is 21.3 Å². The molecule has 2 heterocycles. The van der Waals surface area contributed by atoms with Gasteiger partial charge in [0.05, 0.1) is 11.3 Å². The molecule has 0 aliphatic carbocycles. The molecule has 0 radical (unpaired) electrons. The fraction of sp³-hybridized carbons (Fsp3) is 0.520. The topological polar surface area (TPSA) is 91.2 Å². The van der Waals surface area contributed by atoms with Gasteiger partial charge in [-0.15, -0.1) is 0 Å². The number of hydrogen-bond donors (Lipinski definition) is 2. The lowest BCUT2D eigenvalue weighted by molar-refractivity contribution is -0.114. The maximum Gasteiger partial charge on any atom is 0.252 e. The van der Waals surface area contributed by atoms with E-state index in [0.717, 1.165) is 50.3 Å². The molecule has 1 amide bonds. The number of amidine groups is 1. The zero-order valence-corrected chi connectivity index (χ0v) is 19.6. The van der Waals surface area contributed by atoms with Crippen LogP contribution in [0.25, 0.3) is 6.08 Å². The van der Waals surface area contributed by atoms with Crippen LogP contribution in [-0.2, 0) is 4.79 Å². The summed E-state index contributed by atoms with van der Waals surface area (Å²) in [7, 11) is 2.21. The Morgan fingerprint density at radius 1 is 1.16 bits per heavy atom. The van der Waals surface area contributed by atoms with E-state index in [1.807, 2.05) is 25.1 Å². The van der Waals surface area contributed by atoms with Crippen LogP contribution in [0.4, 0.5) is 11.4 Å². The van der Waals surface area contributed by atoms with Crippen LogP contribution in [-0.4, -0.2) is 73.9 Å². The fourth-order valence-corrected chi connectivity index (χ4v) is 4.57. The van der Waals surface area contributed by atoms with Crippen molar-refractivity contribution in [3.8, 4) is 0 Å². The Bertz CT molecular complexity index is 861. The average Bonchev–Trinajstić information content (AvgIpc) is 2.79. The van der Waals surface area contributed by atoms with Gasteiger partial charge in [0.15, 0.2) is 0 Å². The van der Waals surface area contributed by atoms with E-state index in [-0.39, 0.29) is 11.4 Å². The summed E-state index contributed by atoms with van der Waals surface area (Å²) >= 11 is 0. The van der Waals surface area contributed by atoms with E-state index in [1.165, 1.54) is 25.9 Å². The first-order valence-electron chi connectivity index (χ1n) is 11.7. The highest BCUT2D eigenvalue weighted by Crippen LogP contribution is 2.29. The summed E-state index contributed by atoms with van der Waals surface area (Å²) in [4.78, 5) is 23.7. The SMILES string of the molecule is C=Cc1cc(N=C(N)/C(=C/CCC)C(N)=O)ccc1N1CCN(C2CCN(C)CC2)CC1. The number of unbranched alkanes of at least 4 members (excludes halogenated alkanes) is 1. The third kappa shape index (κ3) is 5.99. The predicted molar refractivity (Wildman–Crippen MR) is 134 cm³/mol. The number of carbonyl (C=O) groups is 1. The number of nitrogens with zero attached hydrogens (tertiary/aromatic N) is 4. The molecule has 1 aromatic carbocycles. The van der Waals surface area contributed by atoms with Gasteiger partial charge in [-0.3, -0.25) is 9.69 Å². The first kappa shape index (κ1) is 24.0. The van der Waals surface area contributed by atoms with Crippen molar-refractivity contribution >= 4 is 29.2 Å². The van der Waals surface area contributed by atoms with Crippen molar-refractivity contribution in [1.29, 1.82) is 0 Å². The van der Waals surface area contributed by atoms with Crippen LogP contribution in [0.1, 0.15) is 38.2 Å². The number of primary amides is 1. The molecule has 7 heteroatoms. The quantitative estimate of drug-likeness (QED) is 0.370. The smallest absolute Gasteiger partial charge is 0.252 e. The van der Waals surface area contributed by atoms with E-state index in [2.05, 4.69) is 39.4 Å². The maximum absolute atomic E-state index is 11.7. The van der Waals surface area contributed by atoms with Crippen molar-refractivity contribution < 1.29 is 4.79 Å². The van der Waals surface area contributed by atoms with Crippen molar-refractivity contribution in [2.24, 2.45) is 16.5 Å². The summed E-state index contributed by atoms with van der Waals surface area (Å²) in [6, 6.07) is 6.70. The zero-order chi connectivity index (χ0) is 23.1. The molecule has 4 N–H and O–H groups in total. The van der Waals surface area contributed by atoms with E-state index < -0.39 is 5.91 Å². The highest BCUT2D eigenvalue weighted by Gasteiger charge is 2.27. The Labute approximate surface area is 192 Å². The molecule has 7 nitrogen and oxygen atoms in total. The number of amides is 1. The predicted octanol–water partition coefficient (Wildman–Crippen LogP) is 2.75. The van der Waals surface area contributed by atoms with Crippen LogP contribution in [0.15, 0.2) is 41.4 Å². The molecule has 0 bridgehead atoms. The van der Waals surface area contributed by atoms with Crippen LogP contribution in [0.3, 0.4) is 0 Å². The summed E-state index contributed by atoms with van der Waals surface area (Å²) in [5, 5.41) is 0. The lowest BCUT2D eigenvalue weighted by Gasteiger charge is -2.43. The van der Waals surface area contributed by atoms with Gasteiger partial charge in [-0.1, -0.05) is 32.1 Å². The van der Waals surface area contributed by atoms with Gasteiger partial charge in [0.2, 0.25) is 0 Å². The second-order valence-corrected chi connectivity index (χ2v) is 8.77. The molecule has 0 saturated carbocycles. The second-order valence-electron chi connectivity index (χ2n) is 8.77. The average molecular weight is 439 g/mol. The Kier molecular flexibility index (Phi) is 8.47. The van der Waals surface area contributed by atoms with Crippen molar-refractivity contribution in [2.75, 3.05) is 51.2 Å². The molecular weight excluding hydrogens is 400 g/mol. The number of hydrogen-bond acceptors (Lipinski definition) is 5. The van der Waals surface area contributed by atoms with Crippen LogP contribution < -0.4 is 16.4 Å². The van der Waals surface area contributed by atoms with Gasteiger partial charge in [-0.2, -0.15) is 0 Å². The number of rotatable bonds is 8. The highest BCUT2D eigenvalue weighted by atomic mass is 16.1. The molecule has 32 heavy (non-hydrogen) atoms. The number of carbonyl (C=O) groups excluding carboxylic acids is 1. The largest absolute Gasteiger partial charge is 0.383 e. The Morgan fingerprint density at radius 3 is 2.44 bits per heavy atom. The Hall–Kier alpha value is -2.64. The molecule has 2 fully saturated rings. The lowest BCUT2D eigenvalue weighted by atomic mass is 10.0.